The molecule has 0 amide bonds. The molecule has 0 saturated heterocycles. The highest BCUT2D eigenvalue weighted by molar-refractivity contribution is 6.29. The minimum Gasteiger partial charge on any atom is -0.486 e. The van der Waals surface area contributed by atoms with Crippen molar-refractivity contribution in [2.45, 2.75) is 12.8 Å². The number of alkyl halides is 3. The van der Waals surface area contributed by atoms with Crippen LogP contribution >= 0.6 is 11.6 Å². The van der Waals surface area contributed by atoms with Crippen molar-refractivity contribution in [1.29, 1.82) is 0 Å². The Hall–Kier alpha value is -2.68. The molecule has 124 valence electrons. The molecule has 0 aromatic carbocycles. The lowest BCUT2D eigenvalue weighted by atomic mass is 10.2. The Balaban J connectivity index is 1.67. The van der Waals surface area contributed by atoms with Crippen LogP contribution < -0.4 is 4.74 Å². The number of hydrogen-bond donors (Lipinski definition) is 0. The zero-order valence-corrected chi connectivity index (χ0v) is 12.5. The fourth-order valence-corrected chi connectivity index (χ4v) is 1.81. The summed E-state index contributed by atoms with van der Waals surface area (Å²) in [6.07, 6.45) is -1.88. The van der Waals surface area contributed by atoms with E-state index in [1.807, 2.05) is 0 Å². The van der Waals surface area contributed by atoms with Gasteiger partial charge in [0.1, 0.15) is 17.5 Å². The maximum atomic E-state index is 12.4. The highest BCUT2D eigenvalue weighted by Gasteiger charge is 2.38. The second-order valence-electron chi connectivity index (χ2n) is 4.56. The standard InChI is InChI=1S/C14H8ClF3N4O2/c15-11-4-3-10(6-20-11)23-7-9-2-1-8(5-19-9)12-21-13(24-22-12)14(16,17)18/h1-6H,7H2. The van der Waals surface area contributed by atoms with Gasteiger partial charge in [-0.05, 0) is 24.3 Å². The Morgan fingerprint density at radius 3 is 2.50 bits per heavy atom. The summed E-state index contributed by atoms with van der Waals surface area (Å²) >= 11 is 5.67. The Bertz CT molecular complexity index is 819. The minimum atomic E-state index is -4.68. The first-order valence-electron chi connectivity index (χ1n) is 6.52. The first-order chi connectivity index (χ1) is 11.4. The van der Waals surface area contributed by atoms with E-state index < -0.39 is 12.1 Å². The normalized spacial score (nSPS) is 11.5. The van der Waals surface area contributed by atoms with Crippen LogP contribution in [-0.4, -0.2) is 20.1 Å². The van der Waals surface area contributed by atoms with E-state index in [0.717, 1.165) is 0 Å². The first-order valence-corrected chi connectivity index (χ1v) is 6.90. The van der Waals surface area contributed by atoms with Gasteiger partial charge in [0, 0.05) is 11.8 Å². The first kappa shape index (κ1) is 16.2. The molecule has 0 fully saturated rings. The van der Waals surface area contributed by atoms with Crippen LogP contribution in [0.25, 0.3) is 11.4 Å². The molecule has 0 atom stereocenters. The van der Waals surface area contributed by atoms with Crippen LogP contribution in [0, 0.1) is 0 Å². The molecule has 10 heteroatoms. The third-order valence-corrected chi connectivity index (χ3v) is 3.06. The number of nitrogens with zero attached hydrogens (tertiary/aromatic N) is 4. The summed E-state index contributed by atoms with van der Waals surface area (Å²) < 4.78 is 46.9. The summed E-state index contributed by atoms with van der Waals surface area (Å²) in [6, 6.07) is 6.35. The van der Waals surface area contributed by atoms with Crippen molar-refractivity contribution in [2.75, 3.05) is 0 Å². The molecule has 0 aliphatic heterocycles. The van der Waals surface area contributed by atoms with Crippen molar-refractivity contribution in [3.8, 4) is 17.1 Å². The van der Waals surface area contributed by atoms with Gasteiger partial charge in [-0.15, -0.1) is 0 Å². The van der Waals surface area contributed by atoms with Crippen molar-refractivity contribution < 1.29 is 22.4 Å². The second kappa shape index (κ2) is 6.44. The lowest BCUT2D eigenvalue weighted by Gasteiger charge is -2.05. The van der Waals surface area contributed by atoms with Crippen molar-refractivity contribution in [1.82, 2.24) is 20.1 Å². The van der Waals surface area contributed by atoms with Gasteiger partial charge in [-0.3, -0.25) is 4.98 Å². The fourth-order valence-electron chi connectivity index (χ4n) is 1.70. The maximum absolute atomic E-state index is 12.4. The van der Waals surface area contributed by atoms with Crippen LogP contribution in [0.15, 0.2) is 41.2 Å². The average molecular weight is 357 g/mol. The van der Waals surface area contributed by atoms with Crippen LogP contribution in [0.1, 0.15) is 11.6 Å². The molecule has 0 aliphatic rings. The molecular weight excluding hydrogens is 349 g/mol. The van der Waals surface area contributed by atoms with Gasteiger partial charge >= 0.3 is 12.1 Å². The highest BCUT2D eigenvalue weighted by Crippen LogP contribution is 2.29. The molecule has 3 rings (SSSR count). The maximum Gasteiger partial charge on any atom is 0.471 e. The van der Waals surface area contributed by atoms with Crippen LogP contribution in [-0.2, 0) is 12.8 Å². The van der Waals surface area contributed by atoms with E-state index in [2.05, 4.69) is 24.6 Å². The van der Waals surface area contributed by atoms with Crippen LogP contribution in [0.2, 0.25) is 5.15 Å². The lowest BCUT2D eigenvalue weighted by Crippen LogP contribution is -2.04. The summed E-state index contributed by atoms with van der Waals surface area (Å²) in [4.78, 5) is 11.2. The molecule has 6 nitrogen and oxygen atoms in total. The van der Waals surface area contributed by atoms with Gasteiger partial charge in [-0.25, -0.2) is 4.98 Å². The molecule has 0 aliphatic carbocycles. The van der Waals surface area contributed by atoms with Crippen LogP contribution in [0.5, 0.6) is 5.75 Å². The Kier molecular flexibility index (Phi) is 4.34. The average Bonchev–Trinajstić information content (AvgIpc) is 3.05. The topological polar surface area (TPSA) is 73.9 Å². The molecule has 0 bridgehead atoms. The Morgan fingerprint density at radius 2 is 1.92 bits per heavy atom. The van der Waals surface area contributed by atoms with E-state index in [-0.39, 0.29) is 12.4 Å². The second-order valence-corrected chi connectivity index (χ2v) is 4.95. The van der Waals surface area contributed by atoms with Gasteiger partial charge < -0.3 is 9.26 Å². The quantitative estimate of drug-likeness (QED) is 0.662. The number of pyridine rings is 2. The predicted octanol–water partition coefficient (Wildman–Crippen LogP) is 3.78. The van der Waals surface area contributed by atoms with Crippen LogP contribution in [0.3, 0.4) is 0 Å². The number of rotatable bonds is 4. The van der Waals surface area contributed by atoms with Gasteiger partial charge in [0.15, 0.2) is 0 Å². The molecule has 24 heavy (non-hydrogen) atoms. The van der Waals surface area contributed by atoms with Crippen molar-refractivity contribution >= 4 is 11.6 Å². The van der Waals surface area contributed by atoms with Gasteiger partial charge in [-0.1, -0.05) is 16.8 Å². The van der Waals surface area contributed by atoms with Gasteiger partial charge in [0.05, 0.1) is 11.9 Å². The number of halogens is 4. The Labute approximate surface area is 138 Å². The fraction of sp³-hybridized carbons (Fsp3) is 0.143. The minimum absolute atomic E-state index is 0.156. The largest absolute Gasteiger partial charge is 0.486 e. The molecule has 0 N–H and O–H groups in total. The van der Waals surface area contributed by atoms with E-state index in [4.69, 9.17) is 16.3 Å². The SMILES string of the molecule is FC(F)(F)c1nc(-c2ccc(COc3ccc(Cl)nc3)nc2)no1. The molecule has 0 spiro atoms. The van der Waals surface area contributed by atoms with Crippen molar-refractivity contribution in [3.63, 3.8) is 0 Å². The molecule has 3 aromatic rings. The summed E-state index contributed by atoms with van der Waals surface area (Å²) in [5.41, 5.74) is 0.861. The number of ether oxygens (including phenoxy) is 1. The number of aromatic nitrogens is 4. The molecule has 3 aromatic heterocycles. The van der Waals surface area contributed by atoms with Gasteiger partial charge in [0.2, 0.25) is 5.82 Å². The predicted molar refractivity (Wildman–Crippen MR) is 76.1 cm³/mol. The zero-order chi connectivity index (χ0) is 17.2. The van der Waals surface area contributed by atoms with Crippen molar-refractivity contribution in [3.05, 3.63) is 53.4 Å². The van der Waals surface area contributed by atoms with E-state index in [1.54, 1.807) is 18.2 Å². The summed E-state index contributed by atoms with van der Waals surface area (Å²) in [5, 5.41) is 3.64. The molecular formula is C14H8ClF3N4O2. The molecule has 0 saturated carbocycles. The smallest absolute Gasteiger partial charge is 0.471 e. The van der Waals surface area contributed by atoms with Crippen LogP contribution in [0.4, 0.5) is 13.2 Å². The lowest BCUT2D eigenvalue weighted by molar-refractivity contribution is -0.159. The number of hydrogen-bond acceptors (Lipinski definition) is 6. The summed E-state index contributed by atoms with van der Waals surface area (Å²) in [7, 11) is 0. The third-order valence-electron chi connectivity index (χ3n) is 2.84. The Morgan fingerprint density at radius 1 is 1.08 bits per heavy atom. The summed E-state index contributed by atoms with van der Waals surface area (Å²) in [6.45, 7) is 0.156. The van der Waals surface area contributed by atoms with Gasteiger partial charge in [0.25, 0.3) is 0 Å². The van der Waals surface area contributed by atoms with E-state index in [0.29, 0.717) is 22.2 Å². The highest BCUT2D eigenvalue weighted by atomic mass is 35.5. The third kappa shape index (κ3) is 3.80. The van der Waals surface area contributed by atoms with Gasteiger partial charge in [-0.2, -0.15) is 18.2 Å². The molecule has 0 unspecified atom stereocenters. The monoisotopic (exact) mass is 356 g/mol. The zero-order valence-electron chi connectivity index (χ0n) is 11.8. The summed E-state index contributed by atoms with van der Waals surface area (Å²) in [5.74, 6) is -1.08. The van der Waals surface area contributed by atoms with E-state index >= 15 is 0 Å². The molecule has 0 radical (unpaired) electrons. The van der Waals surface area contributed by atoms with E-state index in [1.165, 1.54) is 18.5 Å². The van der Waals surface area contributed by atoms with Crippen molar-refractivity contribution in [2.24, 2.45) is 0 Å². The van der Waals surface area contributed by atoms with E-state index in [9.17, 15) is 13.2 Å². The molecule has 3 heterocycles.